The van der Waals surface area contributed by atoms with Crippen molar-refractivity contribution in [1.29, 1.82) is 0 Å². The molecule has 5 nitrogen and oxygen atoms in total. The molecule has 0 spiro atoms. The van der Waals surface area contributed by atoms with E-state index in [9.17, 15) is 14.0 Å². The Morgan fingerprint density at radius 2 is 1.85 bits per heavy atom. The summed E-state index contributed by atoms with van der Waals surface area (Å²) in [6.45, 7) is 0.0987. The normalized spacial score (nSPS) is 14.8. The van der Waals surface area contributed by atoms with Gasteiger partial charge >= 0.3 is 0 Å². The van der Waals surface area contributed by atoms with Crippen LogP contribution in [0.2, 0.25) is 5.02 Å². The van der Waals surface area contributed by atoms with E-state index in [2.05, 4.69) is 0 Å². The summed E-state index contributed by atoms with van der Waals surface area (Å²) >= 11 is 6.85. The minimum Gasteiger partial charge on any atom is -0.493 e. The van der Waals surface area contributed by atoms with E-state index >= 15 is 0 Å². The molecule has 0 radical (unpaired) electrons. The van der Waals surface area contributed by atoms with Crippen LogP contribution >= 0.6 is 23.4 Å². The summed E-state index contributed by atoms with van der Waals surface area (Å²) in [4.78, 5) is 26.7. The van der Waals surface area contributed by atoms with Crippen LogP contribution in [0.3, 0.4) is 0 Å². The van der Waals surface area contributed by atoms with E-state index in [0.29, 0.717) is 22.1 Å². The predicted octanol–water partition coefficient (Wildman–Crippen LogP) is 6.30. The predicted molar refractivity (Wildman–Crippen MR) is 127 cm³/mol. The van der Waals surface area contributed by atoms with Gasteiger partial charge in [-0.1, -0.05) is 54.1 Å². The van der Waals surface area contributed by atoms with Crippen LogP contribution in [-0.2, 0) is 17.9 Å². The van der Waals surface area contributed by atoms with Crippen molar-refractivity contribution >= 4 is 40.6 Å². The summed E-state index contributed by atoms with van der Waals surface area (Å²) in [6.07, 6.45) is 1.59. The summed E-state index contributed by atoms with van der Waals surface area (Å²) in [5, 5.41) is 0.138. The highest BCUT2D eigenvalue weighted by Gasteiger charge is 2.35. The molecule has 0 bridgehead atoms. The number of hydrogen-bond acceptors (Lipinski definition) is 5. The van der Waals surface area contributed by atoms with Crippen LogP contribution in [0.5, 0.6) is 11.5 Å². The topological polar surface area (TPSA) is 55.8 Å². The maximum absolute atomic E-state index is 14.0. The van der Waals surface area contributed by atoms with Gasteiger partial charge in [0.25, 0.3) is 11.1 Å². The summed E-state index contributed by atoms with van der Waals surface area (Å²) in [5.74, 6) is -0.0425. The number of carbonyl (C=O) groups excluding carboxylic acids is 2. The lowest BCUT2D eigenvalue weighted by molar-refractivity contribution is -0.123. The Labute approximate surface area is 199 Å². The van der Waals surface area contributed by atoms with E-state index in [1.165, 1.54) is 13.2 Å². The lowest BCUT2D eigenvalue weighted by atomic mass is 10.1. The van der Waals surface area contributed by atoms with Crippen molar-refractivity contribution in [3.05, 3.63) is 99.2 Å². The number of thioether (sulfide) groups is 1. The average Bonchev–Trinajstić information content (AvgIpc) is 3.06. The molecular weight excluding hydrogens is 465 g/mol. The van der Waals surface area contributed by atoms with Crippen LogP contribution in [0.4, 0.5) is 9.18 Å². The minimum atomic E-state index is -0.489. The van der Waals surface area contributed by atoms with Gasteiger partial charge in [0.05, 0.1) is 18.6 Å². The molecule has 3 aromatic rings. The Morgan fingerprint density at radius 3 is 2.61 bits per heavy atom. The molecule has 33 heavy (non-hydrogen) atoms. The highest BCUT2D eigenvalue weighted by Crippen LogP contribution is 2.38. The molecule has 1 aliphatic rings. The van der Waals surface area contributed by atoms with E-state index in [0.717, 1.165) is 22.2 Å². The summed E-state index contributed by atoms with van der Waals surface area (Å²) in [5.41, 5.74) is 1.71. The van der Waals surface area contributed by atoms with Crippen molar-refractivity contribution in [2.75, 3.05) is 7.11 Å². The van der Waals surface area contributed by atoms with Crippen LogP contribution in [0.15, 0.2) is 71.6 Å². The van der Waals surface area contributed by atoms with E-state index in [1.54, 1.807) is 54.6 Å². The molecule has 3 aromatic carbocycles. The number of ether oxygens (including phenoxy) is 2. The quantitative estimate of drug-likeness (QED) is 0.369. The number of carbonyl (C=O) groups is 2. The van der Waals surface area contributed by atoms with Crippen molar-refractivity contribution in [1.82, 2.24) is 4.90 Å². The van der Waals surface area contributed by atoms with Gasteiger partial charge in [-0.3, -0.25) is 14.5 Å². The molecule has 0 N–H and O–H groups in total. The van der Waals surface area contributed by atoms with E-state index in [-0.39, 0.29) is 23.6 Å². The number of rotatable bonds is 7. The maximum atomic E-state index is 14.0. The third kappa shape index (κ3) is 5.21. The molecule has 2 amide bonds. The number of benzene rings is 3. The van der Waals surface area contributed by atoms with Crippen LogP contribution in [0.1, 0.15) is 16.7 Å². The number of nitrogens with zero attached hydrogens (tertiary/aromatic N) is 1. The highest BCUT2D eigenvalue weighted by atomic mass is 35.5. The Balaban J connectivity index is 1.60. The van der Waals surface area contributed by atoms with Gasteiger partial charge in [-0.2, -0.15) is 0 Å². The minimum absolute atomic E-state index is 0.134. The Morgan fingerprint density at radius 1 is 1.06 bits per heavy atom. The average molecular weight is 484 g/mol. The second-order valence-corrected chi connectivity index (χ2v) is 8.59. The molecule has 0 saturated carbocycles. The lowest BCUT2D eigenvalue weighted by Crippen LogP contribution is -2.27. The zero-order valence-corrected chi connectivity index (χ0v) is 19.2. The standard InChI is InChI=1S/C25H19ClFNO4S/c1-31-21-11-5-8-17(23(21)32-15-16-6-4-9-19(26)12-16)13-22-24(29)28(25(30)33-22)14-18-7-2-3-10-20(18)27/h2-13H,14-15H2,1H3/b22-13-. The molecule has 0 aromatic heterocycles. The number of amides is 2. The fourth-order valence-electron chi connectivity index (χ4n) is 3.32. The molecule has 1 heterocycles. The first kappa shape index (κ1) is 22.9. The van der Waals surface area contributed by atoms with E-state index < -0.39 is 17.0 Å². The van der Waals surface area contributed by atoms with E-state index in [4.69, 9.17) is 21.1 Å². The van der Waals surface area contributed by atoms with Crippen LogP contribution in [0.25, 0.3) is 6.08 Å². The second kappa shape index (κ2) is 10.1. The van der Waals surface area contributed by atoms with Crippen LogP contribution < -0.4 is 9.47 Å². The first-order valence-corrected chi connectivity index (χ1v) is 11.2. The Hall–Kier alpha value is -3.29. The number of para-hydroxylation sites is 1. The summed E-state index contributed by atoms with van der Waals surface area (Å²) in [6, 6.07) is 18.6. The molecule has 0 aliphatic carbocycles. The first-order valence-electron chi connectivity index (χ1n) is 9.99. The second-order valence-electron chi connectivity index (χ2n) is 7.16. The van der Waals surface area contributed by atoms with Gasteiger partial charge in [-0.15, -0.1) is 0 Å². The molecule has 168 valence electrons. The molecule has 1 aliphatic heterocycles. The molecule has 1 fully saturated rings. The molecule has 0 unspecified atom stereocenters. The highest BCUT2D eigenvalue weighted by molar-refractivity contribution is 8.18. The zero-order chi connectivity index (χ0) is 23.4. The molecule has 4 rings (SSSR count). The van der Waals surface area contributed by atoms with Crippen molar-refractivity contribution in [3.8, 4) is 11.5 Å². The fraction of sp³-hybridized carbons (Fsp3) is 0.120. The molecule has 1 saturated heterocycles. The zero-order valence-electron chi connectivity index (χ0n) is 17.6. The van der Waals surface area contributed by atoms with Crippen molar-refractivity contribution in [3.63, 3.8) is 0 Å². The first-order chi connectivity index (χ1) is 16.0. The number of imide groups is 1. The number of methoxy groups -OCH3 is 1. The largest absolute Gasteiger partial charge is 0.493 e. The monoisotopic (exact) mass is 483 g/mol. The third-order valence-electron chi connectivity index (χ3n) is 4.95. The maximum Gasteiger partial charge on any atom is 0.293 e. The van der Waals surface area contributed by atoms with Gasteiger partial charge in [-0.05, 0) is 47.7 Å². The molecular formula is C25H19ClFNO4S. The summed E-state index contributed by atoms with van der Waals surface area (Å²) < 4.78 is 25.5. The smallest absolute Gasteiger partial charge is 0.293 e. The molecule has 8 heteroatoms. The van der Waals surface area contributed by atoms with Crippen LogP contribution in [0, 0.1) is 5.82 Å². The van der Waals surface area contributed by atoms with Gasteiger partial charge in [0.15, 0.2) is 11.5 Å². The summed E-state index contributed by atoms with van der Waals surface area (Å²) in [7, 11) is 1.52. The van der Waals surface area contributed by atoms with E-state index in [1.807, 2.05) is 12.1 Å². The lowest BCUT2D eigenvalue weighted by Gasteiger charge is -2.14. The van der Waals surface area contributed by atoms with Crippen molar-refractivity contribution in [2.45, 2.75) is 13.2 Å². The molecule has 0 atom stereocenters. The van der Waals surface area contributed by atoms with Gasteiger partial charge < -0.3 is 9.47 Å². The van der Waals surface area contributed by atoms with Crippen LogP contribution in [-0.4, -0.2) is 23.2 Å². The fourth-order valence-corrected chi connectivity index (χ4v) is 4.36. The third-order valence-corrected chi connectivity index (χ3v) is 6.09. The number of hydrogen-bond donors (Lipinski definition) is 0. The van der Waals surface area contributed by atoms with Crippen molar-refractivity contribution in [2.24, 2.45) is 0 Å². The van der Waals surface area contributed by atoms with Gasteiger partial charge in [0, 0.05) is 16.1 Å². The van der Waals surface area contributed by atoms with Gasteiger partial charge in [0.1, 0.15) is 12.4 Å². The van der Waals surface area contributed by atoms with Crippen molar-refractivity contribution < 1.29 is 23.5 Å². The Bertz CT molecular complexity index is 1250. The van der Waals surface area contributed by atoms with Gasteiger partial charge in [-0.25, -0.2) is 4.39 Å². The number of halogens is 2. The Kier molecular flexibility index (Phi) is 7.01. The SMILES string of the molecule is COc1cccc(/C=C2\SC(=O)N(Cc3ccccc3F)C2=O)c1OCc1cccc(Cl)c1. The van der Waals surface area contributed by atoms with Gasteiger partial charge in [0.2, 0.25) is 0 Å².